The van der Waals surface area contributed by atoms with Crippen molar-refractivity contribution in [3.63, 3.8) is 0 Å². The number of nitrogens with zero attached hydrogens (tertiary/aromatic N) is 4. The van der Waals surface area contributed by atoms with E-state index in [2.05, 4.69) is 10.2 Å². The molecule has 9 heteroatoms. The fraction of sp³-hybridized carbons (Fsp3) is 0.833. The number of ether oxygens (including phenoxy) is 1. The number of rotatable bonds is 2. The molecule has 3 heterocycles. The van der Waals surface area contributed by atoms with Crippen molar-refractivity contribution in [2.75, 3.05) is 13.1 Å². The number of carbonyl (C=O) groups excluding carboxylic acids is 1. The molecule has 1 aromatic rings. The van der Waals surface area contributed by atoms with Crippen LogP contribution in [0.5, 0.6) is 0 Å². The second kappa shape index (κ2) is 6.77. The molecule has 0 saturated carbocycles. The van der Waals surface area contributed by atoms with E-state index < -0.39 is 23.9 Å². The van der Waals surface area contributed by atoms with Crippen LogP contribution in [0, 0.1) is 0 Å². The second-order valence-corrected chi connectivity index (χ2v) is 9.40. The molecule has 2 fully saturated rings. The van der Waals surface area contributed by atoms with E-state index in [9.17, 15) is 4.79 Å². The Hall–Kier alpha value is -1.61. The molecule has 0 aromatic carbocycles. The van der Waals surface area contributed by atoms with Crippen LogP contribution in [-0.2, 0) is 14.0 Å². The van der Waals surface area contributed by atoms with E-state index in [1.54, 1.807) is 15.9 Å². The van der Waals surface area contributed by atoms with Gasteiger partial charge >= 0.3 is 13.2 Å². The zero-order chi connectivity index (χ0) is 20.0. The molecule has 27 heavy (non-hydrogen) atoms. The van der Waals surface area contributed by atoms with E-state index in [0.29, 0.717) is 18.7 Å². The summed E-state index contributed by atoms with van der Waals surface area (Å²) in [6.07, 6.45) is 3.20. The molecule has 150 valence electrons. The molecular weight excluding hydrogens is 347 g/mol. The Labute approximate surface area is 161 Å². The molecule has 1 atom stereocenters. The van der Waals surface area contributed by atoms with Crippen molar-refractivity contribution in [2.45, 2.75) is 84.2 Å². The molecule has 0 N–H and O–H groups in total. The molecule has 0 aliphatic carbocycles. The Kier molecular flexibility index (Phi) is 5.05. The van der Waals surface area contributed by atoms with Crippen molar-refractivity contribution in [3.05, 3.63) is 6.20 Å². The highest BCUT2D eigenvalue weighted by molar-refractivity contribution is 6.61. The summed E-state index contributed by atoms with van der Waals surface area (Å²) < 4.78 is 17.6. The summed E-state index contributed by atoms with van der Waals surface area (Å²) in [6, 6.07) is 0.0161. The van der Waals surface area contributed by atoms with Gasteiger partial charge in [-0.1, -0.05) is 0 Å². The summed E-state index contributed by atoms with van der Waals surface area (Å²) >= 11 is 0. The van der Waals surface area contributed by atoms with Gasteiger partial charge in [0.25, 0.3) is 0 Å². The first-order chi connectivity index (χ1) is 12.4. The minimum atomic E-state index is -0.533. The van der Waals surface area contributed by atoms with Gasteiger partial charge in [0.2, 0.25) is 0 Å². The molecule has 2 saturated heterocycles. The summed E-state index contributed by atoms with van der Waals surface area (Å²) in [5, 5.41) is 9.01. The fourth-order valence-corrected chi connectivity index (χ4v) is 3.17. The first kappa shape index (κ1) is 20.1. The maximum absolute atomic E-state index is 12.4. The topological polar surface area (TPSA) is 78.7 Å². The highest BCUT2D eigenvalue weighted by atomic mass is 16.7. The van der Waals surface area contributed by atoms with Gasteiger partial charge in [-0.25, -0.2) is 4.79 Å². The lowest BCUT2D eigenvalue weighted by Crippen LogP contribution is -2.44. The maximum Gasteiger partial charge on any atom is 0.518 e. The summed E-state index contributed by atoms with van der Waals surface area (Å²) in [6.45, 7) is 14.9. The lowest BCUT2D eigenvalue weighted by atomic mass is 9.86. The van der Waals surface area contributed by atoms with E-state index in [1.807, 2.05) is 48.5 Å². The largest absolute Gasteiger partial charge is 0.518 e. The van der Waals surface area contributed by atoms with Crippen molar-refractivity contribution in [3.8, 4) is 0 Å². The van der Waals surface area contributed by atoms with Crippen molar-refractivity contribution in [2.24, 2.45) is 0 Å². The summed E-state index contributed by atoms with van der Waals surface area (Å²) in [5.41, 5.74) is -0.680. The van der Waals surface area contributed by atoms with Gasteiger partial charge in [-0.05, 0) is 61.3 Å². The third-order valence-corrected chi connectivity index (χ3v) is 5.40. The lowest BCUT2D eigenvalue weighted by molar-refractivity contribution is 0.00578. The summed E-state index contributed by atoms with van der Waals surface area (Å²) in [5.74, 6) is 0. The highest BCUT2D eigenvalue weighted by Gasteiger charge is 2.53. The first-order valence-corrected chi connectivity index (χ1v) is 9.63. The lowest BCUT2D eigenvalue weighted by Gasteiger charge is -2.33. The van der Waals surface area contributed by atoms with Crippen LogP contribution in [0.25, 0.3) is 0 Å². The maximum atomic E-state index is 12.4. The number of carbonyl (C=O) groups is 1. The Morgan fingerprint density at radius 1 is 1.26 bits per heavy atom. The fourth-order valence-electron chi connectivity index (χ4n) is 3.17. The molecule has 2 aliphatic rings. The van der Waals surface area contributed by atoms with Crippen LogP contribution in [0.1, 0.15) is 67.3 Å². The quantitative estimate of drug-likeness (QED) is 0.734. The van der Waals surface area contributed by atoms with E-state index in [-0.39, 0.29) is 12.1 Å². The SMILES string of the molecule is CC(C)(C)OC(=O)N1CCC[C@H](n2ncc(B3OC(C)(C)C(C)(C)O3)n2)C1. The van der Waals surface area contributed by atoms with Gasteiger partial charge in [0, 0.05) is 13.1 Å². The van der Waals surface area contributed by atoms with Gasteiger partial charge in [0.15, 0.2) is 0 Å². The van der Waals surface area contributed by atoms with Crippen LogP contribution in [0.2, 0.25) is 0 Å². The van der Waals surface area contributed by atoms with E-state index in [1.165, 1.54) is 0 Å². The molecule has 0 spiro atoms. The number of amides is 1. The Morgan fingerprint density at radius 3 is 2.48 bits per heavy atom. The van der Waals surface area contributed by atoms with Crippen molar-refractivity contribution in [1.29, 1.82) is 0 Å². The highest BCUT2D eigenvalue weighted by Crippen LogP contribution is 2.36. The number of aromatic nitrogens is 3. The van der Waals surface area contributed by atoms with Crippen LogP contribution >= 0.6 is 0 Å². The normalized spacial score (nSPS) is 24.9. The Bertz CT molecular complexity index is 682. The third kappa shape index (κ3) is 4.29. The first-order valence-electron chi connectivity index (χ1n) is 9.63. The molecule has 0 bridgehead atoms. The number of piperidine rings is 1. The summed E-state index contributed by atoms with van der Waals surface area (Å²) in [4.78, 5) is 15.8. The molecule has 2 aliphatic heterocycles. The average Bonchev–Trinajstić information content (AvgIpc) is 3.09. The second-order valence-electron chi connectivity index (χ2n) is 9.40. The molecule has 0 unspecified atom stereocenters. The zero-order valence-corrected chi connectivity index (χ0v) is 17.5. The average molecular weight is 378 g/mol. The van der Waals surface area contributed by atoms with E-state index >= 15 is 0 Å². The monoisotopic (exact) mass is 378 g/mol. The van der Waals surface area contributed by atoms with Gasteiger partial charge in [0.05, 0.1) is 23.4 Å². The third-order valence-electron chi connectivity index (χ3n) is 5.40. The minimum Gasteiger partial charge on any atom is -0.444 e. The standard InChI is InChI=1S/C18H31BN4O4/c1-16(2,3)25-15(24)22-10-8-9-13(12-22)23-20-11-14(21-23)19-26-17(4,5)18(6,7)27-19/h11,13H,8-10,12H2,1-7H3/t13-/m0/s1. The summed E-state index contributed by atoms with van der Waals surface area (Å²) in [7, 11) is -0.533. The van der Waals surface area contributed by atoms with Crippen LogP contribution in [-0.4, -0.2) is 63.0 Å². The molecule has 3 rings (SSSR count). The molecule has 8 nitrogen and oxygen atoms in total. The number of likely N-dealkylation sites (tertiary alicyclic amines) is 1. The van der Waals surface area contributed by atoms with E-state index in [0.717, 1.165) is 12.8 Å². The molecule has 1 amide bonds. The van der Waals surface area contributed by atoms with Crippen molar-refractivity contribution < 1.29 is 18.8 Å². The van der Waals surface area contributed by atoms with Gasteiger partial charge in [-0.2, -0.15) is 15.0 Å². The molecule has 1 aromatic heterocycles. The Morgan fingerprint density at radius 2 is 1.89 bits per heavy atom. The van der Waals surface area contributed by atoms with Gasteiger partial charge in [0.1, 0.15) is 11.2 Å². The van der Waals surface area contributed by atoms with Gasteiger partial charge < -0.3 is 18.9 Å². The smallest absolute Gasteiger partial charge is 0.444 e. The minimum absolute atomic E-state index is 0.0161. The van der Waals surface area contributed by atoms with Crippen molar-refractivity contribution in [1.82, 2.24) is 19.9 Å². The van der Waals surface area contributed by atoms with Crippen LogP contribution in [0.4, 0.5) is 4.79 Å². The number of hydrogen-bond acceptors (Lipinski definition) is 6. The van der Waals surface area contributed by atoms with Crippen LogP contribution in [0.15, 0.2) is 6.20 Å². The predicted molar refractivity (Wildman–Crippen MR) is 102 cm³/mol. The zero-order valence-electron chi connectivity index (χ0n) is 17.5. The van der Waals surface area contributed by atoms with Gasteiger partial charge in [-0.15, -0.1) is 0 Å². The van der Waals surface area contributed by atoms with Crippen LogP contribution in [0.3, 0.4) is 0 Å². The Balaban J connectivity index is 1.67. The van der Waals surface area contributed by atoms with Crippen molar-refractivity contribution >= 4 is 18.8 Å². The molecular formula is C18H31BN4O4. The van der Waals surface area contributed by atoms with E-state index in [4.69, 9.17) is 14.0 Å². The van der Waals surface area contributed by atoms with Gasteiger partial charge in [-0.3, -0.25) is 0 Å². The van der Waals surface area contributed by atoms with Crippen LogP contribution < -0.4 is 5.59 Å². The predicted octanol–water partition coefficient (Wildman–Crippen LogP) is 2.15. The molecule has 0 radical (unpaired) electrons. The number of hydrogen-bond donors (Lipinski definition) is 0.